The SMILES string of the molecule is COc1ccccc1C=CC(=O)c1ccc2c(c1)C(c1ccc(OC(F)=C(F)F)cc1)(c1ccc(OC(F)=C(F)F)cc1)c1ccccc1-2. The van der Waals surface area contributed by atoms with E-state index in [2.05, 4.69) is 9.47 Å². The van der Waals surface area contributed by atoms with Gasteiger partial charge in [0.25, 0.3) is 0 Å². The van der Waals surface area contributed by atoms with Crippen molar-refractivity contribution in [2.24, 2.45) is 0 Å². The van der Waals surface area contributed by atoms with Crippen molar-refractivity contribution in [1.82, 2.24) is 0 Å². The summed E-state index contributed by atoms with van der Waals surface area (Å²) >= 11 is 0. The van der Waals surface area contributed by atoms with E-state index in [-0.39, 0.29) is 17.3 Å². The maximum Gasteiger partial charge on any atom is 0.344 e. The second-order valence-corrected chi connectivity index (χ2v) is 10.8. The Labute approximate surface area is 276 Å². The molecule has 0 saturated heterocycles. The van der Waals surface area contributed by atoms with Crippen LogP contribution >= 0.6 is 0 Å². The molecule has 0 unspecified atom stereocenters. The van der Waals surface area contributed by atoms with Crippen LogP contribution in [0.4, 0.5) is 26.3 Å². The summed E-state index contributed by atoms with van der Waals surface area (Å²) < 4.78 is 93.0. The van der Waals surface area contributed by atoms with Crippen LogP contribution in [0.3, 0.4) is 0 Å². The van der Waals surface area contributed by atoms with Gasteiger partial charge >= 0.3 is 24.2 Å². The largest absolute Gasteiger partial charge is 0.496 e. The molecule has 5 aromatic carbocycles. The summed E-state index contributed by atoms with van der Waals surface area (Å²) in [5.74, 6) is -0.109. The van der Waals surface area contributed by atoms with Gasteiger partial charge in [-0.05, 0) is 81.9 Å². The minimum Gasteiger partial charge on any atom is -0.496 e. The fraction of sp³-hybridized carbons (Fsp3) is 0.0513. The smallest absolute Gasteiger partial charge is 0.344 e. The second kappa shape index (κ2) is 13.6. The number of allylic oxidation sites excluding steroid dienone is 1. The van der Waals surface area contributed by atoms with E-state index in [0.29, 0.717) is 33.6 Å². The van der Waals surface area contributed by atoms with Gasteiger partial charge in [-0.1, -0.05) is 78.9 Å². The molecule has 49 heavy (non-hydrogen) atoms. The van der Waals surface area contributed by atoms with Crippen LogP contribution in [0, 0.1) is 0 Å². The van der Waals surface area contributed by atoms with E-state index < -0.39 is 29.6 Å². The first-order valence-corrected chi connectivity index (χ1v) is 14.7. The van der Waals surface area contributed by atoms with Gasteiger partial charge in [0.1, 0.15) is 17.2 Å². The van der Waals surface area contributed by atoms with E-state index in [1.165, 1.54) is 37.5 Å². The predicted molar refractivity (Wildman–Crippen MR) is 172 cm³/mol. The Bertz CT molecular complexity index is 2060. The van der Waals surface area contributed by atoms with Gasteiger partial charge in [-0.3, -0.25) is 4.79 Å². The molecule has 0 radical (unpaired) electrons. The van der Waals surface area contributed by atoms with E-state index in [1.807, 2.05) is 42.5 Å². The molecule has 0 fully saturated rings. The Kier molecular flexibility index (Phi) is 9.13. The molecule has 0 amide bonds. The maximum absolute atomic E-state index is 13.6. The molecule has 6 rings (SSSR count). The summed E-state index contributed by atoms with van der Waals surface area (Å²) in [7, 11) is 1.53. The number of ketones is 1. The summed E-state index contributed by atoms with van der Waals surface area (Å²) in [6.45, 7) is 0. The first-order chi connectivity index (χ1) is 23.6. The molecule has 0 heterocycles. The lowest BCUT2D eigenvalue weighted by atomic mass is 9.67. The Hall–Kier alpha value is -6.03. The van der Waals surface area contributed by atoms with E-state index in [0.717, 1.165) is 16.7 Å². The fourth-order valence-corrected chi connectivity index (χ4v) is 6.12. The normalized spacial score (nSPS) is 12.6. The first kappa shape index (κ1) is 32.9. The van der Waals surface area contributed by atoms with Crippen molar-refractivity contribution in [2.45, 2.75) is 5.41 Å². The Morgan fingerprint density at radius 3 is 1.71 bits per heavy atom. The number of rotatable bonds is 10. The molecule has 0 saturated carbocycles. The molecular weight excluding hydrogens is 646 g/mol. The van der Waals surface area contributed by atoms with Gasteiger partial charge in [-0.25, -0.2) is 0 Å². The average molecular weight is 671 g/mol. The maximum atomic E-state index is 13.6. The van der Waals surface area contributed by atoms with E-state index in [9.17, 15) is 31.1 Å². The molecule has 246 valence electrons. The number of halogens is 6. The van der Waals surface area contributed by atoms with Gasteiger partial charge < -0.3 is 14.2 Å². The molecule has 0 aliphatic heterocycles. The van der Waals surface area contributed by atoms with E-state index in [1.54, 1.807) is 54.6 Å². The quantitative estimate of drug-likeness (QED) is 0.0630. The third kappa shape index (κ3) is 6.20. The molecular formula is C39H24F6O4. The molecule has 1 aliphatic rings. The van der Waals surface area contributed by atoms with Crippen LogP contribution in [0.25, 0.3) is 17.2 Å². The van der Waals surface area contributed by atoms with Gasteiger partial charge in [-0.15, -0.1) is 0 Å². The molecule has 10 heteroatoms. The van der Waals surface area contributed by atoms with Crippen LogP contribution < -0.4 is 14.2 Å². The van der Waals surface area contributed by atoms with Crippen LogP contribution in [0.1, 0.15) is 38.2 Å². The highest BCUT2D eigenvalue weighted by atomic mass is 19.3. The van der Waals surface area contributed by atoms with Crippen molar-refractivity contribution in [2.75, 3.05) is 7.11 Å². The molecule has 5 aromatic rings. The Morgan fingerprint density at radius 1 is 0.612 bits per heavy atom. The highest BCUT2D eigenvalue weighted by Crippen LogP contribution is 2.56. The summed E-state index contributed by atoms with van der Waals surface area (Å²) in [5.41, 5.74) is 4.02. The van der Waals surface area contributed by atoms with Gasteiger partial charge in [-0.2, -0.15) is 26.3 Å². The van der Waals surface area contributed by atoms with Crippen LogP contribution in [0.15, 0.2) is 146 Å². The van der Waals surface area contributed by atoms with Crippen molar-refractivity contribution >= 4 is 11.9 Å². The van der Waals surface area contributed by atoms with E-state index >= 15 is 0 Å². The molecule has 0 aromatic heterocycles. The van der Waals surface area contributed by atoms with Crippen molar-refractivity contribution in [3.8, 4) is 28.4 Å². The second-order valence-electron chi connectivity index (χ2n) is 10.8. The standard InChI is InChI=1S/C39H24F6O4/c1-47-34-9-5-2-6-23(34)11-21-33(46)24-10-20-30-29-7-3-4-8-31(29)39(32(30)22-24,25-12-16-27(17-13-25)48-37(44)35(40)41)26-14-18-28(19-15-26)49-38(45)36(42)43/h2-22H,1H3. The van der Waals surface area contributed by atoms with Crippen LogP contribution in [-0.2, 0) is 5.41 Å². The number of fused-ring (bicyclic) bond motifs is 3. The number of carbonyl (C=O) groups excluding carboxylic acids is 1. The Morgan fingerprint density at radius 2 is 1.14 bits per heavy atom. The minimum atomic E-state index is -2.61. The number of carbonyl (C=O) groups is 1. The van der Waals surface area contributed by atoms with Crippen LogP contribution in [-0.4, -0.2) is 12.9 Å². The number of hydrogen-bond acceptors (Lipinski definition) is 4. The predicted octanol–water partition coefficient (Wildman–Crippen LogP) is 10.8. The van der Waals surface area contributed by atoms with Crippen molar-refractivity contribution in [3.63, 3.8) is 0 Å². The van der Waals surface area contributed by atoms with Gasteiger partial charge in [0.2, 0.25) is 0 Å². The molecule has 1 aliphatic carbocycles. The van der Waals surface area contributed by atoms with Crippen molar-refractivity contribution < 1.29 is 45.3 Å². The van der Waals surface area contributed by atoms with Crippen molar-refractivity contribution in [3.05, 3.63) is 179 Å². The third-order valence-electron chi connectivity index (χ3n) is 8.17. The summed E-state index contributed by atoms with van der Waals surface area (Å²) in [5, 5.41) is 0. The van der Waals surface area contributed by atoms with Crippen molar-refractivity contribution in [1.29, 1.82) is 0 Å². The molecule has 4 nitrogen and oxygen atoms in total. The molecule has 0 N–H and O–H groups in total. The van der Waals surface area contributed by atoms with Gasteiger partial charge in [0.05, 0.1) is 12.5 Å². The lowest BCUT2D eigenvalue weighted by Crippen LogP contribution is -2.28. The van der Waals surface area contributed by atoms with Crippen LogP contribution in [0.5, 0.6) is 17.2 Å². The van der Waals surface area contributed by atoms with Gasteiger partial charge in [0.15, 0.2) is 5.78 Å². The zero-order valence-corrected chi connectivity index (χ0v) is 25.5. The lowest BCUT2D eigenvalue weighted by molar-refractivity contribution is 0.104. The monoisotopic (exact) mass is 670 g/mol. The molecule has 0 bridgehead atoms. The summed E-state index contributed by atoms with van der Waals surface area (Å²) in [6, 6.07) is 27.5. The third-order valence-corrected chi connectivity index (χ3v) is 8.17. The number of para-hydroxylation sites is 1. The minimum absolute atomic E-state index is 0.194. The number of ether oxygens (including phenoxy) is 3. The van der Waals surface area contributed by atoms with Crippen LogP contribution in [0.2, 0.25) is 0 Å². The first-order valence-electron chi connectivity index (χ1n) is 14.7. The fourth-order valence-electron chi connectivity index (χ4n) is 6.12. The zero-order chi connectivity index (χ0) is 34.7. The highest BCUT2D eigenvalue weighted by Gasteiger charge is 2.46. The lowest BCUT2D eigenvalue weighted by Gasteiger charge is -2.34. The average Bonchev–Trinajstić information content (AvgIpc) is 3.41. The number of benzene rings is 5. The van der Waals surface area contributed by atoms with E-state index in [4.69, 9.17) is 4.74 Å². The zero-order valence-electron chi connectivity index (χ0n) is 25.5. The Balaban J connectivity index is 1.53. The number of hydrogen-bond donors (Lipinski definition) is 0. The summed E-state index contributed by atoms with van der Waals surface area (Å²) in [4.78, 5) is 13.6. The highest BCUT2D eigenvalue weighted by molar-refractivity contribution is 6.08. The number of methoxy groups -OCH3 is 1. The topological polar surface area (TPSA) is 44.8 Å². The molecule has 0 spiro atoms. The summed E-state index contributed by atoms with van der Waals surface area (Å²) in [6.07, 6.45) is -2.15. The van der Waals surface area contributed by atoms with Gasteiger partial charge in [0, 0.05) is 11.1 Å². The molecule has 0 atom stereocenters.